The van der Waals surface area contributed by atoms with Gasteiger partial charge in [0.1, 0.15) is 11.6 Å². The van der Waals surface area contributed by atoms with Gasteiger partial charge in [-0.2, -0.15) is 39.5 Å². The fraction of sp³-hybridized carbons (Fsp3) is 0.167. The zero-order chi connectivity index (χ0) is 31.6. The molecule has 0 saturated heterocycles. The molecular formula is C24H13BrF12N2O2. The van der Waals surface area contributed by atoms with Gasteiger partial charge in [-0.1, -0.05) is 18.2 Å². The highest BCUT2D eigenvalue weighted by molar-refractivity contribution is 9.10. The highest BCUT2D eigenvalue weighted by Crippen LogP contribution is 2.55. The van der Waals surface area contributed by atoms with Crippen LogP contribution >= 0.6 is 15.9 Å². The first kappa shape index (κ1) is 33.4. The molecule has 0 aliphatic rings. The van der Waals surface area contributed by atoms with Crippen molar-refractivity contribution in [2.24, 2.45) is 5.73 Å². The Hall–Kier alpha value is -3.76. The zero-order valence-corrected chi connectivity index (χ0v) is 21.2. The van der Waals surface area contributed by atoms with E-state index in [-0.39, 0.29) is 11.6 Å². The summed E-state index contributed by atoms with van der Waals surface area (Å²) in [5.41, 5.74) is -7.82. The summed E-state index contributed by atoms with van der Waals surface area (Å²) in [7, 11) is 0. The molecule has 0 heterocycles. The standard InChI is InChI=1S/C17H7BrF11NO.C7H6FNO/c18-10-6-7(14(20,16(24,25)26)17(27,28)29)5-9(15(21,22)23)12(10)30-13(31)8-3-1-2-4-11(8)19;8-6-3-1-2-5(4-6)7(9)10/h1-6H,(H,30,31);1-4H,(H2,9,10). The maximum atomic E-state index is 14.2. The van der Waals surface area contributed by atoms with E-state index in [0.717, 1.165) is 30.3 Å². The molecule has 0 fully saturated rings. The van der Waals surface area contributed by atoms with Crippen LogP contribution in [-0.2, 0) is 11.8 Å². The minimum atomic E-state index is -6.66. The minimum Gasteiger partial charge on any atom is -0.366 e. The van der Waals surface area contributed by atoms with E-state index in [1.54, 1.807) is 5.32 Å². The first-order valence-electron chi connectivity index (χ1n) is 10.5. The fourth-order valence-corrected chi connectivity index (χ4v) is 3.67. The van der Waals surface area contributed by atoms with Gasteiger partial charge >= 0.3 is 24.2 Å². The number of primary amides is 1. The topological polar surface area (TPSA) is 72.2 Å². The molecule has 0 bridgehead atoms. The maximum Gasteiger partial charge on any atom is 0.435 e. The quantitative estimate of drug-likeness (QED) is 0.276. The molecule has 0 spiro atoms. The van der Waals surface area contributed by atoms with Gasteiger partial charge in [-0.15, -0.1) is 0 Å². The van der Waals surface area contributed by atoms with Crippen molar-refractivity contribution in [3.8, 4) is 0 Å². The predicted octanol–water partition coefficient (Wildman–Crippen LogP) is 8.07. The van der Waals surface area contributed by atoms with Gasteiger partial charge in [-0.05, 0) is 58.4 Å². The molecule has 3 N–H and O–H groups in total. The number of amides is 2. The Balaban J connectivity index is 0.000000493. The normalized spacial score (nSPS) is 12.3. The van der Waals surface area contributed by atoms with Crippen molar-refractivity contribution in [1.29, 1.82) is 0 Å². The molecule has 2 amide bonds. The molecule has 4 nitrogen and oxygen atoms in total. The van der Waals surface area contributed by atoms with Gasteiger partial charge in [0.2, 0.25) is 5.91 Å². The number of hydrogen-bond donors (Lipinski definition) is 2. The Morgan fingerprint density at radius 1 is 0.756 bits per heavy atom. The van der Waals surface area contributed by atoms with Crippen molar-refractivity contribution in [2.75, 3.05) is 5.32 Å². The molecule has 17 heteroatoms. The van der Waals surface area contributed by atoms with Gasteiger partial charge in [0.25, 0.3) is 5.91 Å². The molecule has 0 unspecified atom stereocenters. The lowest BCUT2D eigenvalue weighted by molar-refractivity contribution is -0.348. The number of carbonyl (C=O) groups is 2. The van der Waals surface area contributed by atoms with Crippen LogP contribution in [0.5, 0.6) is 0 Å². The number of rotatable bonds is 4. The summed E-state index contributed by atoms with van der Waals surface area (Å²) in [4.78, 5) is 22.5. The summed E-state index contributed by atoms with van der Waals surface area (Å²) in [6.07, 6.45) is -19.0. The van der Waals surface area contributed by atoms with Crippen LogP contribution in [0.3, 0.4) is 0 Å². The van der Waals surface area contributed by atoms with E-state index in [2.05, 4.69) is 15.9 Å². The van der Waals surface area contributed by atoms with Crippen molar-refractivity contribution in [3.63, 3.8) is 0 Å². The molecule has 0 radical (unpaired) electrons. The molecular weight excluding hydrogens is 656 g/mol. The van der Waals surface area contributed by atoms with Gasteiger partial charge in [0, 0.05) is 15.6 Å². The van der Waals surface area contributed by atoms with E-state index in [1.807, 2.05) is 0 Å². The van der Waals surface area contributed by atoms with E-state index >= 15 is 0 Å². The number of carbonyl (C=O) groups excluding carboxylic acids is 2. The van der Waals surface area contributed by atoms with Crippen molar-refractivity contribution in [2.45, 2.75) is 24.2 Å². The first-order valence-corrected chi connectivity index (χ1v) is 11.3. The fourth-order valence-electron chi connectivity index (χ4n) is 3.11. The average molecular weight is 669 g/mol. The van der Waals surface area contributed by atoms with Crippen LogP contribution in [0.1, 0.15) is 31.8 Å². The second-order valence-electron chi connectivity index (χ2n) is 7.84. The smallest absolute Gasteiger partial charge is 0.366 e. The van der Waals surface area contributed by atoms with E-state index in [1.165, 1.54) is 18.2 Å². The molecule has 3 rings (SSSR count). The number of hydrogen-bond acceptors (Lipinski definition) is 2. The summed E-state index contributed by atoms with van der Waals surface area (Å²) >= 11 is 2.33. The van der Waals surface area contributed by atoms with Crippen LogP contribution in [0.2, 0.25) is 0 Å². The lowest BCUT2D eigenvalue weighted by Gasteiger charge is -2.31. The van der Waals surface area contributed by atoms with Crippen LogP contribution in [-0.4, -0.2) is 24.2 Å². The predicted molar refractivity (Wildman–Crippen MR) is 123 cm³/mol. The van der Waals surface area contributed by atoms with Crippen molar-refractivity contribution >= 4 is 33.4 Å². The molecule has 0 aliphatic carbocycles. The lowest BCUT2D eigenvalue weighted by Crippen LogP contribution is -2.50. The van der Waals surface area contributed by atoms with Gasteiger partial charge in [0.15, 0.2) is 0 Å². The number of nitrogens with one attached hydrogen (secondary N) is 1. The summed E-state index contributed by atoms with van der Waals surface area (Å²) in [6.45, 7) is 0. The summed E-state index contributed by atoms with van der Waals surface area (Å²) in [5, 5.41) is 1.57. The first-order chi connectivity index (χ1) is 18.6. The molecule has 0 aliphatic heterocycles. The van der Waals surface area contributed by atoms with Crippen LogP contribution in [0.4, 0.5) is 58.4 Å². The Kier molecular flexibility index (Phi) is 9.79. The Labute approximate surface area is 230 Å². The van der Waals surface area contributed by atoms with Crippen LogP contribution in [0.25, 0.3) is 0 Å². The highest BCUT2D eigenvalue weighted by Gasteiger charge is 2.73. The van der Waals surface area contributed by atoms with E-state index < -0.39 is 80.6 Å². The monoisotopic (exact) mass is 668 g/mol. The molecule has 41 heavy (non-hydrogen) atoms. The van der Waals surface area contributed by atoms with Crippen molar-refractivity contribution < 1.29 is 62.3 Å². The van der Waals surface area contributed by atoms with E-state index in [0.29, 0.717) is 0 Å². The maximum absolute atomic E-state index is 14.2. The largest absolute Gasteiger partial charge is 0.435 e. The van der Waals surface area contributed by atoms with Crippen LogP contribution in [0, 0.1) is 11.6 Å². The van der Waals surface area contributed by atoms with Gasteiger partial charge in [-0.25, -0.2) is 13.2 Å². The third-order valence-electron chi connectivity index (χ3n) is 5.04. The van der Waals surface area contributed by atoms with Crippen LogP contribution in [0.15, 0.2) is 65.1 Å². The van der Waals surface area contributed by atoms with Crippen molar-refractivity contribution in [3.05, 3.63) is 99.0 Å². The summed E-state index contributed by atoms with van der Waals surface area (Å²) < 4.78 is 157. The number of benzene rings is 3. The molecule has 3 aromatic carbocycles. The molecule has 0 saturated carbocycles. The minimum absolute atomic E-state index is 0.194. The Morgan fingerprint density at radius 3 is 1.76 bits per heavy atom. The molecule has 0 aromatic heterocycles. The zero-order valence-electron chi connectivity index (χ0n) is 19.6. The van der Waals surface area contributed by atoms with E-state index in [9.17, 15) is 62.3 Å². The van der Waals surface area contributed by atoms with Gasteiger partial charge in [0.05, 0.1) is 16.8 Å². The Morgan fingerprint density at radius 2 is 1.32 bits per heavy atom. The number of halogens is 13. The number of anilines is 1. The molecule has 222 valence electrons. The third-order valence-corrected chi connectivity index (χ3v) is 5.67. The second-order valence-corrected chi connectivity index (χ2v) is 8.70. The summed E-state index contributed by atoms with van der Waals surface area (Å²) in [6, 6.07) is 8.27. The summed E-state index contributed by atoms with van der Waals surface area (Å²) in [5.74, 6) is -3.72. The van der Waals surface area contributed by atoms with E-state index in [4.69, 9.17) is 5.73 Å². The van der Waals surface area contributed by atoms with Crippen molar-refractivity contribution in [1.82, 2.24) is 0 Å². The molecule has 0 atom stereocenters. The highest BCUT2D eigenvalue weighted by atomic mass is 79.9. The Bertz CT molecular complexity index is 1420. The number of alkyl halides is 10. The number of nitrogens with two attached hydrogens (primary N) is 1. The average Bonchev–Trinajstić information content (AvgIpc) is 2.83. The SMILES string of the molecule is NC(=O)c1cccc(F)c1.O=C(Nc1c(Br)cc(C(F)(C(F)(F)F)C(F)(F)F)cc1C(F)(F)F)c1ccccc1F. The second kappa shape index (κ2) is 12.0. The van der Waals surface area contributed by atoms with Gasteiger partial charge in [-0.3, -0.25) is 9.59 Å². The lowest BCUT2D eigenvalue weighted by atomic mass is 9.92. The van der Waals surface area contributed by atoms with Gasteiger partial charge < -0.3 is 11.1 Å². The third kappa shape index (κ3) is 7.51. The van der Waals surface area contributed by atoms with Crippen LogP contribution < -0.4 is 11.1 Å². The molecule has 3 aromatic rings.